The maximum atomic E-state index is 8.87. The van der Waals surface area contributed by atoms with E-state index in [4.69, 9.17) is 5.26 Å². The molecule has 2 heterocycles. The van der Waals surface area contributed by atoms with Crippen LogP contribution in [0.2, 0.25) is 0 Å². The van der Waals surface area contributed by atoms with Crippen LogP contribution in [0.5, 0.6) is 0 Å². The van der Waals surface area contributed by atoms with Gasteiger partial charge >= 0.3 is 0 Å². The Morgan fingerprint density at radius 2 is 2.00 bits per heavy atom. The average Bonchev–Trinajstić information content (AvgIpc) is 2.47. The Morgan fingerprint density at radius 1 is 1.15 bits per heavy atom. The number of para-hydroxylation sites is 1. The summed E-state index contributed by atoms with van der Waals surface area (Å²) in [7, 11) is 0. The fraction of sp³-hybridized carbons (Fsp3) is 0. The molecule has 3 rings (SSSR count). The molecule has 0 bridgehead atoms. The van der Waals surface area contributed by atoms with Crippen LogP contribution in [0, 0.1) is 11.3 Å². The molecule has 0 fully saturated rings. The van der Waals surface area contributed by atoms with Crippen molar-refractivity contribution < 1.29 is 0 Å². The van der Waals surface area contributed by atoms with Crippen molar-refractivity contribution >= 4 is 38.3 Å². The van der Waals surface area contributed by atoms with Gasteiger partial charge in [-0.1, -0.05) is 18.2 Å². The van der Waals surface area contributed by atoms with Crippen LogP contribution >= 0.6 is 15.9 Å². The number of pyridine rings is 2. The lowest BCUT2D eigenvalue weighted by Gasteiger charge is -2.08. The number of halogens is 1. The average molecular weight is 325 g/mol. The first-order valence-corrected chi connectivity index (χ1v) is 6.74. The minimum atomic E-state index is 0.381. The van der Waals surface area contributed by atoms with E-state index < -0.39 is 0 Å². The number of rotatable bonds is 2. The lowest BCUT2D eigenvalue weighted by molar-refractivity contribution is 1.25. The van der Waals surface area contributed by atoms with Gasteiger partial charge in [0.25, 0.3) is 0 Å². The summed E-state index contributed by atoms with van der Waals surface area (Å²) in [5, 5.41) is 13.1. The summed E-state index contributed by atoms with van der Waals surface area (Å²) in [5.74, 6) is 0.626. The molecule has 0 spiro atoms. The van der Waals surface area contributed by atoms with E-state index in [1.54, 1.807) is 18.3 Å². The van der Waals surface area contributed by atoms with Crippen LogP contribution in [-0.4, -0.2) is 9.97 Å². The number of fused-ring (bicyclic) bond motifs is 1. The Labute approximate surface area is 124 Å². The largest absolute Gasteiger partial charge is 0.338 e. The summed E-state index contributed by atoms with van der Waals surface area (Å²) in [5.41, 5.74) is 2.10. The van der Waals surface area contributed by atoms with Gasteiger partial charge in [0, 0.05) is 16.1 Å². The summed E-state index contributed by atoms with van der Waals surface area (Å²) in [6.45, 7) is 0. The zero-order valence-corrected chi connectivity index (χ0v) is 11.9. The van der Waals surface area contributed by atoms with Crippen molar-refractivity contribution in [1.82, 2.24) is 9.97 Å². The molecule has 20 heavy (non-hydrogen) atoms. The predicted octanol–water partition coefficient (Wildman–Crippen LogP) is 4.01. The highest BCUT2D eigenvalue weighted by molar-refractivity contribution is 9.10. The van der Waals surface area contributed by atoms with E-state index in [1.807, 2.05) is 36.4 Å². The van der Waals surface area contributed by atoms with E-state index in [-0.39, 0.29) is 0 Å². The number of nitrogens with one attached hydrogen (secondary N) is 1. The molecule has 5 heteroatoms. The highest BCUT2D eigenvalue weighted by Crippen LogP contribution is 2.26. The molecule has 0 atom stereocenters. The maximum absolute atomic E-state index is 8.87. The molecule has 1 N–H and O–H groups in total. The van der Waals surface area contributed by atoms with Crippen LogP contribution in [-0.2, 0) is 0 Å². The molecule has 3 aromatic rings. The second-order valence-corrected chi connectivity index (χ2v) is 5.09. The number of nitrogens with zero attached hydrogens (tertiary/aromatic N) is 3. The van der Waals surface area contributed by atoms with Crippen molar-refractivity contribution in [2.45, 2.75) is 0 Å². The Balaban J connectivity index is 2.04. The zero-order valence-electron chi connectivity index (χ0n) is 10.3. The topological polar surface area (TPSA) is 61.6 Å². The summed E-state index contributed by atoms with van der Waals surface area (Å²) in [6, 6.07) is 15.2. The lowest BCUT2D eigenvalue weighted by Crippen LogP contribution is -1.96. The van der Waals surface area contributed by atoms with E-state index in [1.165, 1.54) is 0 Å². The molecule has 0 amide bonds. The molecule has 0 saturated carbocycles. The number of hydrogen-bond donors (Lipinski definition) is 1. The van der Waals surface area contributed by atoms with Crippen LogP contribution in [0.1, 0.15) is 5.69 Å². The standard InChI is InChI=1S/C15H9BrN4/c16-11-7-10-3-1-5-13(15(10)18-9-11)20-14-6-2-4-12(8-17)19-14/h1-7,9H,(H,19,20). The van der Waals surface area contributed by atoms with Crippen molar-refractivity contribution in [2.24, 2.45) is 0 Å². The number of benzene rings is 1. The third kappa shape index (κ3) is 2.46. The van der Waals surface area contributed by atoms with Gasteiger partial charge in [-0.25, -0.2) is 4.98 Å². The molecule has 0 aliphatic heterocycles. The summed E-state index contributed by atoms with van der Waals surface area (Å²) < 4.78 is 0.937. The third-order valence-electron chi connectivity index (χ3n) is 2.80. The molecule has 0 unspecified atom stereocenters. The van der Waals surface area contributed by atoms with Gasteiger partial charge < -0.3 is 5.32 Å². The van der Waals surface area contributed by atoms with Gasteiger partial charge in [0.2, 0.25) is 0 Å². The molecule has 0 aliphatic rings. The molecular weight excluding hydrogens is 316 g/mol. The van der Waals surface area contributed by atoms with Crippen molar-refractivity contribution in [3.8, 4) is 6.07 Å². The van der Waals surface area contributed by atoms with Gasteiger partial charge in [-0.15, -0.1) is 0 Å². The Bertz CT molecular complexity index is 823. The van der Waals surface area contributed by atoms with Crippen LogP contribution in [0.3, 0.4) is 0 Å². The molecule has 0 aliphatic carbocycles. The first-order chi connectivity index (χ1) is 9.76. The van der Waals surface area contributed by atoms with Gasteiger partial charge in [0.1, 0.15) is 17.6 Å². The molecule has 1 aromatic carbocycles. The monoisotopic (exact) mass is 324 g/mol. The quantitative estimate of drug-likeness (QED) is 0.773. The van der Waals surface area contributed by atoms with E-state index in [0.29, 0.717) is 11.5 Å². The molecule has 2 aromatic heterocycles. The van der Waals surface area contributed by atoms with Gasteiger partial charge in [0.15, 0.2) is 0 Å². The fourth-order valence-electron chi connectivity index (χ4n) is 1.94. The minimum Gasteiger partial charge on any atom is -0.338 e. The van der Waals surface area contributed by atoms with E-state index in [2.05, 4.69) is 31.2 Å². The smallest absolute Gasteiger partial charge is 0.142 e. The highest BCUT2D eigenvalue weighted by atomic mass is 79.9. The summed E-state index contributed by atoms with van der Waals surface area (Å²) in [4.78, 5) is 8.62. The first kappa shape index (κ1) is 12.6. The van der Waals surface area contributed by atoms with E-state index in [0.717, 1.165) is 21.1 Å². The second kappa shape index (κ2) is 5.27. The van der Waals surface area contributed by atoms with Gasteiger partial charge in [-0.2, -0.15) is 5.26 Å². The number of aromatic nitrogens is 2. The summed E-state index contributed by atoms with van der Waals surface area (Å²) >= 11 is 3.41. The minimum absolute atomic E-state index is 0.381. The third-order valence-corrected chi connectivity index (χ3v) is 3.24. The summed E-state index contributed by atoms with van der Waals surface area (Å²) in [6.07, 6.45) is 1.76. The number of anilines is 2. The zero-order chi connectivity index (χ0) is 13.9. The van der Waals surface area contributed by atoms with Crippen molar-refractivity contribution in [3.63, 3.8) is 0 Å². The van der Waals surface area contributed by atoms with Crippen LogP contribution in [0.15, 0.2) is 53.1 Å². The van der Waals surface area contributed by atoms with Gasteiger partial charge in [-0.05, 0) is 40.2 Å². The number of hydrogen-bond acceptors (Lipinski definition) is 4. The van der Waals surface area contributed by atoms with Crippen molar-refractivity contribution in [1.29, 1.82) is 5.26 Å². The maximum Gasteiger partial charge on any atom is 0.142 e. The van der Waals surface area contributed by atoms with E-state index in [9.17, 15) is 0 Å². The van der Waals surface area contributed by atoms with E-state index >= 15 is 0 Å². The van der Waals surface area contributed by atoms with Crippen LogP contribution < -0.4 is 5.32 Å². The second-order valence-electron chi connectivity index (χ2n) is 4.18. The molecule has 0 radical (unpaired) electrons. The molecular formula is C15H9BrN4. The molecule has 96 valence electrons. The van der Waals surface area contributed by atoms with Gasteiger partial charge in [-0.3, -0.25) is 4.98 Å². The normalized spacial score (nSPS) is 10.2. The lowest BCUT2D eigenvalue weighted by atomic mass is 10.2. The SMILES string of the molecule is N#Cc1cccc(Nc2cccc3cc(Br)cnc23)n1. The van der Waals surface area contributed by atoms with Crippen molar-refractivity contribution in [2.75, 3.05) is 5.32 Å². The molecule has 4 nitrogen and oxygen atoms in total. The Hall–Kier alpha value is -2.45. The predicted molar refractivity (Wildman–Crippen MR) is 81.7 cm³/mol. The highest BCUT2D eigenvalue weighted by Gasteiger charge is 2.04. The van der Waals surface area contributed by atoms with Crippen molar-refractivity contribution in [3.05, 3.63) is 58.8 Å². The number of nitriles is 1. The van der Waals surface area contributed by atoms with Crippen LogP contribution in [0.25, 0.3) is 10.9 Å². The Kier molecular flexibility index (Phi) is 3.32. The fourth-order valence-corrected chi connectivity index (χ4v) is 2.29. The van der Waals surface area contributed by atoms with Gasteiger partial charge in [0.05, 0.1) is 11.2 Å². The Morgan fingerprint density at radius 3 is 2.85 bits per heavy atom. The van der Waals surface area contributed by atoms with Crippen LogP contribution in [0.4, 0.5) is 11.5 Å². The first-order valence-electron chi connectivity index (χ1n) is 5.95. The molecule has 0 saturated heterocycles.